The Bertz CT molecular complexity index is 474. The molecule has 17 heavy (non-hydrogen) atoms. The van der Waals surface area contributed by atoms with Crippen LogP contribution in [0.1, 0.15) is 5.56 Å². The van der Waals surface area contributed by atoms with Gasteiger partial charge < -0.3 is 5.73 Å². The predicted octanol–water partition coefficient (Wildman–Crippen LogP) is 2.09. The molecule has 0 spiro atoms. The molecule has 1 aromatic carbocycles. The molecule has 0 aliphatic carbocycles. The van der Waals surface area contributed by atoms with Gasteiger partial charge in [-0.3, -0.25) is 0 Å². The van der Waals surface area contributed by atoms with E-state index in [0.29, 0.717) is 12.3 Å². The van der Waals surface area contributed by atoms with Crippen molar-refractivity contribution in [3.8, 4) is 0 Å². The lowest BCUT2D eigenvalue weighted by Crippen LogP contribution is -2.06. The molecule has 0 aliphatic rings. The van der Waals surface area contributed by atoms with Crippen molar-refractivity contribution in [2.75, 3.05) is 24.3 Å². The fourth-order valence-electron chi connectivity index (χ4n) is 1.34. The van der Waals surface area contributed by atoms with Crippen LogP contribution >= 0.6 is 27.7 Å². The highest BCUT2D eigenvalue weighted by Gasteiger charge is 2.06. The minimum atomic E-state index is -2.88. The molecule has 0 unspecified atom stereocenters. The number of nitrogens with two attached hydrogens (primary N) is 1. The van der Waals surface area contributed by atoms with Gasteiger partial charge in [0.05, 0.1) is 5.75 Å². The van der Waals surface area contributed by atoms with Crippen LogP contribution in [0.15, 0.2) is 27.6 Å². The van der Waals surface area contributed by atoms with Crippen molar-refractivity contribution in [3.05, 3.63) is 28.2 Å². The lowest BCUT2D eigenvalue weighted by atomic mass is 10.1. The molecule has 1 rings (SSSR count). The maximum absolute atomic E-state index is 11.0. The third-order valence-electron chi connectivity index (χ3n) is 2.15. The van der Waals surface area contributed by atoms with E-state index in [1.807, 2.05) is 18.2 Å². The van der Waals surface area contributed by atoms with Crippen LogP contribution in [-0.4, -0.2) is 32.7 Å². The van der Waals surface area contributed by atoms with Crippen LogP contribution < -0.4 is 5.73 Å². The average molecular weight is 338 g/mol. The van der Waals surface area contributed by atoms with Crippen molar-refractivity contribution < 1.29 is 8.42 Å². The minimum Gasteiger partial charge on any atom is -0.330 e. The first-order chi connectivity index (χ1) is 7.92. The highest BCUT2D eigenvalue weighted by molar-refractivity contribution is 9.10. The molecule has 0 radical (unpaired) electrons. The van der Waals surface area contributed by atoms with Gasteiger partial charge in [-0.2, -0.15) is 0 Å². The molecule has 96 valence electrons. The quantitative estimate of drug-likeness (QED) is 0.807. The number of thioether (sulfide) groups is 1. The van der Waals surface area contributed by atoms with Crippen LogP contribution in [0.4, 0.5) is 0 Å². The zero-order chi connectivity index (χ0) is 12.9. The number of benzene rings is 1. The van der Waals surface area contributed by atoms with E-state index in [2.05, 4.69) is 15.9 Å². The van der Waals surface area contributed by atoms with E-state index in [-0.39, 0.29) is 5.75 Å². The average Bonchev–Trinajstić information content (AvgIpc) is 2.20. The minimum absolute atomic E-state index is 0.204. The van der Waals surface area contributed by atoms with Crippen LogP contribution in [0.25, 0.3) is 0 Å². The zero-order valence-electron chi connectivity index (χ0n) is 9.65. The summed E-state index contributed by atoms with van der Waals surface area (Å²) in [5, 5.41) is 0. The van der Waals surface area contributed by atoms with E-state index in [0.717, 1.165) is 15.8 Å². The van der Waals surface area contributed by atoms with Gasteiger partial charge in [0.25, 0.3) is 0 Å². The van der Waals surface area contributed by atoms with Crippen LogP contribution in [-0.2, 0) is 16.3 Å². The third-order valence-corrected chi connectivity index (χ3v) is 4.96. The van der Waals surface area contributed by atoms with Gasteiger partial charge >= 0.3 is 0 Å². The Morgan fingerprint density at radius 1 is 1.41 bits per heavy atom. The highest BCUT2D eigenvalue weighted by Crippen LogP contribution is 2.26. The largest absolute Gasteiger partial charge is 0.330 e. The molecule has 0 fully saturated rings. The van der Waals surface area contributed by atoms with E-state index >= 15 is 0 Å². The fourth-order valence-corrected chi connectivity index (χ4v) is 4.03. The summed E-state index contributed by atoms with van der Waals surface area (Å²) in [6.45, 7) is 0.593. The predicted molar refractivity (Wildman–Crippen MR) is 77.3 cm³/mol. The third kappa shape index (κ3) is 5.90. The number of rotatable bonds is 6. The Morgan fingerprint density at radius 3 is 2.71 bits per heavy atom. The molecule has 0 heterocycles. The van der Waals surface area contributed by atoms with Crippen molar-refractivity contribution >= 4 is 37.5 Å². The molecule has 0 atom stereocenters. The summed E-state index contributed by atoms with van der Waals surface area (Å²) in [6, 6.07) is 6.00. The van der Waals surface area contributed by atoms with Gasteiger partial charge in [-0.1, -0.05) is 15.9 Å². The molecule has 3 nitrogen and oxygen atoms in total. The summed E-state index contributed by atoms with van der Waals surface area (Å²) in [5.41, 5.74) is 6.72. The van der Waals surface area contributed by atoms with E-state index < -0.39 is 9.84 Å². The van der Waals surface area contributed by atoms with Crippen LogP contribution in [0.5, 0.6) is 0 Å². The number of sulfone groups is 1. The van der Waals surface area contributed by atoms with Gasteiger partial charge in [0.2, 0.25) is 0 Å². The molecule has 0 saturated carbocycles. The summed E-state index contributed by atoms with van der Waals surface area (Å²) in [5.74, 6) is 0.786. The van der Waals surface area contributed by atoms with E-state index in [9.17, 15) is 8.42 Å². The Balaban J connectivity index is 2.69. The molecule has 0 aromatic heterocycles. The number of hydrogen-bond acceptors (Lipinski definition) is 4. The van der Waals surface area contributed by atoms with E-state index in [4.69, 9.17) is 5.73 Å². The Morgan fingerprint density at radius 2 is 2.12 bits per heavy atom. The van der Waals surface area contributed by atoms with Crippen molar-refractivity contribution in [3.63, 3.8) is 0 Å². The van der Waals surface area contributed by atoms with Gasteiger partial charge in [0.15, 0.2) is 0 Å². The highest BCUT2D eigenvalue weighted by atomic mass is 79.9. The van der Waals surface area contributed by atoms with E-state index in [1.165, 1.54) is 11.8 Å². The van der Waals surface area contributed by atoms with Gasteiger partial charge in [-0.15, -0.1) is 11.8 Å². The first-order valence-electron chi connectivity index (χ1n) is 5.21. The van der Waals surface area contributed by atoms with Crippen LogP contribution in [0.2, 0.25) is 0 Å². The molecular weight excluding hydrogens is 322 g/mol. The number of hydrogen-bond donors (Lipinski definition) is 1. The second kappa shape index (κ2) is 6.78. The monoisotopic (exact) mass is 337 g/mol. The molecule has 0 aliphatic heterocycles. The van der Waals surface area contributed by atoms with Crippen LogP contribution in [0.3, 0.4) is 0 Å². The zero-order valence-corrected chi connectivity index (χ0v) is 12.9. The van der Waals surface area contributed by atoms with Crippen molar-refractivity contribution in [1.29, 1.82) is 0 Å². The standard InChI is InChI=1S/C11H16BrNO2S2/c1-17(14,15)7-6-16-11-3-2-10(12)8-9(11)4-5-13/h2-3,8H,4-7,13H2,1H3. The summed E-state index contributed by atoms with van der Waals surface area (Å²) < 4.78 is 23.1. The molecule has 1 aromatic rings. The van der Waals surface area contributed by atoms with E-state index in [1.54, 1.807) is 11.8 Å². The van der Waals surface area contributed by atoms with Gasteiger partial charge in [-0.05, 0) is 36.7 Å². The molecule has 2 N–H and O–H groups in total. The summed E-state index contributed by atoms with van der Waals surface area (Å²) in [6.07, 6.45) is 2.07. The Hall–Kier alpha value is -0.0400. The maximum atomic E-state index is 11.0. The van der Waals surface area contributed by atoms with Gasteiger partial charge in [-0.25, -0.2) is 8.42 Å². The topological polar surface area (TPSA) is 60.2 Å². The van der Waals surface area contributed by atoms with Crippen molar-refractivity contribution in [2.45, 2.75) is 11.3 Å². The van der Waals surface area contributed by atoms with Crippen molar-refractivity contribution in [1.82, 2.24) is 0 Å². The Kier molecular flexibility index (Phi) is 5.99. The SMILES string of the molecule is CS(=O)(=O)CCSc1ccc(Br)cc1CCN. The fraction of sp³-hybridized carbons (Fsp3) is 0.455. The second-order valence-electron chi connectivity index (χ2n) is 3.77. The molecule has 0 amide bonds. The number of halogens is 1. The van der Waals surface area contributed by atoms with Gasteiger partial charge in [0, 0.05) is 21.4 Å². The van der Waals surface area contributed by atoms with Crippen LogP contribution in [0, 0.1) is 0 Å². The normalized spacial score (nSPS) is 11.7. The Labute approximate surface area is 115 Å². The lowest BCUT2D eigenvalue weighted by Gasteiger charge is -2.08. The first kappa shape index (κ1) is 15.0. The second-order valence-corrected chi connectivity index (χ2v) is 8.08. The maximum Gasteiger partial charge on any atom is 0.148 e. The summed E-state index contributed by atoms with van der Waals surface area (Å²) in [7, 11) is -2.88. The first-order valence-corrected chi connectivity index (χ1v) is 9.05. The molecule has 6 heteroatoms. The molecular formula is C11H16BrNO2S2. The molecule has 0 saturated heterocycles. The lowest BCUT2D eigenvalue weighted by molar-refractivity contribution is 0.603. The van der Waals surface area contributed by atoms with Gasteiger partial charge in [0.1, 0.15) is 9.84 Å². The smallest absolute Gasteiger partial charge is 0.148 e. The molecule has 0 bridgehead atoms. The summed E-state index contributed by atoms with van der Waals surface area (Å²) in [4.78, 5) is 1.11. The summed E-state index contributed by atoms with van der Waals surface area (Å²) >= 11 is 4.99. The van der Waals surface area contributed by atoms with Crippen molar-refractivity contribution in [2.24, 2.45) is 5.73 Å².